The van der Waals surface area contributed by atoms with Gasteiger partial charge in [0.25, 0.3) is 0 Å². The number of hydrogen-bond acceptors (Lipinski definition) is 4. The van der Waals surface area contributed by atoms with Gasteiger partial charge in [-0.3, -0.25) is 0 Å². The van der Waals surface area contributed by atoms with Crippen LogP contribution < -0.4 is 20.3 Å². The number of para-hydroxylation sites is 2. The molecule has 0 unspecified atom stereocenters. The summed E-state index contributed by atoms with van der Waals surface area (Å²) < 4.78 is 12.1. The fourth-order valence-corrected chi connectivity index (χ4v) is 2.98. The van der Waals surface area contributed by atoms with E-state index in [-0.39, 0.29) is 6.92 Å². The summed E-state index contributed by atoms with van der Waals surface area (Å²) in [4.78, 5) is 8.73. The van der Waals surface area contributed by atoms with Crippen molar-refractivity contribution in [3.05, 3.63) is 54.9 Å². The average molecular weight is 272 g/mol. The van der Waals surface area contributed by atoms with Crippen molar-refractivity contribution in [2.45, 2.75) is 0 Å². The SMILES string of the molecule is c1ccc2c(c1)Oc1ncnc3c1B2Oc1ccccc1-3. The Labute approximate surface area is 121 Å². The van der Waals surface area contributed by atoms with Crippen LogP contribution in [0.3, 0.4) is 0 Å². The van der Waals surface area contributed by atoms with Gasteiger partial charge in [-0.05, 0) is 18.2 Å². The highest BCUT2D eigenvalue weighted by Crippen LogP contribution is 2.36. The molecule has 0 N–H and O–H groups in total. The van der Waals surface area contributed by atoms with Crippen LogP contribution in [0.25, 0.3) is 11.3 Å². The van der Waals surface area contributed by atoms with Crippen molar-refractivity contribution >= 4 is 17.8 Å². The minimum absolute atomic E-state index is 0.212. The molecule has 2 aliphatic heterocycles. The third-order valence-corrected chi connectivity index (χ3v) is 3.90. The van der Waals surface area contributed by atoms with Crippen LogP contribution in [-0.2, 0) is 0 Å². The molecule has 0 aliphatic carbocycles. The summed E-state index contributed by atoms with van der Waals surface area (Å²) in [6, 6.07) is 15.8. The highest BCUT2D eigenvalue weighted by molar-refractivity contribution is 6.83. The quantitative estimate of drug-likeness (QED) is 0.585. The lowest BCUT2D eigenvalue weighted by Crippen LogP contribution is -2.54. The molecular formula is C16H9BN2O2. The van der Waals surface area contributed by atoms with E-state index in [1.165, 1.54) is 0 Å². The summed E-state index contributed by atoms with van der Waals surface area (Å²) in [6.07, 6.45) is 1.54. The largest absolute Gasteiger partial charge is 0.551 e. The average Bonchev–Trinajstić information content (AvgIpc) is 2.55. The van der Waals surface area contributed by atoms with Gasteiger partial charge >= 0.3 is 6.92 Å². The molecule has 98 valence electrons. The molecule has 3 heterocycles. The molecule has 2 aromatic carbocycles. The number of fused-ring (bicyclic) bond motifs is 4. The highest BCUT2D eigenvalue weighted by atomic mass is 16.5. The zero-order chi connectivity index (χ0) is 13.8. The van der Waals surface area contributed by atoms with E-state index in [2.05, 4.69) is 9.97 Å². The van der Waals surface area contributed by atoms with E-state index in [1.54, 1.807) is 6.33 Å². The molecule has 0 bridgehead atoms. The number of hydrogen-bond donors (Lipinski definition) is 0. The molecule has 3 aromatic rings. The Hall–Kier alpha value is -2.82. The van der Waals surface area contributed by atoms with Crippen LogP contribution >= 0.6 is 0 Å². The minimum atomic E-state index is -0.212. The van der Waals surface area contributed by atoms with Gasteiger partial charge in [0.15, 0.2) is 0 Å². The Balaban J connectivity index is 1.85. The first-order valence-corrected chi connectivity index (χ1v) is 6.79. The van der Waals surface area contributed by atoms with Gasteiger partial charge in [-0.1, -0.05) is 30.3 Å². The predicted octanol–water partition coefficient (Wildman–Crippen LogP) is 1.75. The summed E-state index contributed by atoms with van der Waals surface area (Å²) in [5.74, 6) is 2.22. The maximum absolute atomic E-state index is 6.21. The number of rotatable bonds is 0. The number of aromatic nitrogens is 2. The second-order valence-corrected chi connectivity index (χ2v) is 5.08. The molecule has 0 atom stereocenters. The number of ether oxygens (including phenoxy) is 1. The van der Waals surface area contributed by atoms with Gasteiger partial charge < -0.3 is 9.39 Å². The van der Waals surface area contributed by atoms with Crippen molar-refractivity contribution in [2.75, 3.05) is 0 Å². The van der Waals surface area contributed by atoms with Gasteiger partial charge in [-0.2, -0.15) is 0 Å². The van der Waals surface area contributed by atoms with Crippen molar-refractivity contribution in [1.82, 2.24) is 9.97 Å². The highest BCUT2D eigenvalue weighted by Gasteiger charge is 2.41. The van der Waals surface area contributed by atoms with Gasteiger partial charge in [-0.25, -0.2) is 9.97 Å². The molecule has 0 amide bonds. The van der Waals surface area contributed by atoms with E-state index in [9.17, 15) is 0 Å². The van der Waals surface area contributed by atoms with Crippen molar-refractivity contribution in [3.63, 3.8) is 0 Å². The minimum Gasteiger partial charge on any atom is -0.551 e. The molecule has 0 fully saturated rings. The predicted molar refractivity (Wildman–Crippen MR) is 79.6 cm³/mol. The smallest absolute Gasteiger partial charge is 0.438 e. The third-order valence-electron chi connectivity index (χ3n) is 3.90. The molecule has 2 aliphatic rings. The normalized spacial score (nSPS) is 13.4. The molecule has 5 rings (SSSR count). The second-order valence-electron chi connectivity index (χ2n) is 5.08. The zero-order valence-corrected chi connectivity index (χ0v) is 11.0. The van der Waals surface area contributed by atoms with E-state index in [1.807, 2.05) is 48.5 Å². The molecule has 5 heteroatoms. The summed E-state index contributed by atoms with van der Waals surface area (Å²) in [5.41, 5.74) is 3.79. The molecule has 4 nitrogen and oxygen atoms in total. The fraction of sp³-hybridized carbons (Fsp3) is 0. The Morgan fingerprint density at radius 1 is 0.857 bits per heavy atom. The molecule has 0 spiro atoms. The lowest BCUT2D eigenvalue weighted by atomic mass is 9.52. The van der Waals surface area contributed by atoms with Crippen LogP contribution in [0.15, 0.2) is 54.9 Å². The van der Waals surface area contributed by atoms with E-state index in [0.717, 1.165) is 33.7 Å². The van der Waals surface area contributed by atoms with E-state index < -0.39 is 0 Å². The lowest BCUT2D eigenvalue weighted by molar-refractivity contribution is 0.459. The first-order valence-electron chi connectivity index (χ1n) is 6.79. The van der Waals surface area contributed by atoms with E-state index >= 15 is 0 Å². The van der Waals surface area contributed by atoms with Crippen LogP contribution in [0.4, 0.5) is 0 Å². The zero-order valence-electron chi connectivity index (χ0n) is 11.0. The van der Waals surface area contributed by atoms with Gasteiger partial charge in [0.05, 0.1) is 11.2 Å². The van der Waals surface area contributed by atoms with Crippen molar-refractivity contribution in [2.24, 2.45) is 0 Å². The van der Waals surface area contributed by atoms with Gasteiger partial charge in [0.2, 0.25) is 5.88 Å². The van der Waals surface area contributed by atoms with Crippen molar-refractivity contribution in [1.29, 1.82) is 0 Å². The first-order chi connectivity index (χ1) is 10.4. The maximum Gasteiger partial charge on any atom is 0.438 e. The monoisotopic (exact) mass is 272 g/mol. The second kappa shape index (κ2) is 3.85. The van der Waals surface area contributed by atoms with Crippen LogP contribution in [0, 0.1) is 0 Å². The van der Waals surface area contributed by atoms with E-state index in [0.29, 0.717) is 5.88 Å². The topological polar surface area (TPSA) is 44.2 Å². The Bertz CT molecular complexity index is 882. The molecule has 0 saturated carbocycles. The third kappa shape index (κ3) is 1.40. The van der Waals surface area contributed by atoms with E-state index in [4.69, 9.17) is 9.39 Å². The summed E-state index contributed by atoms with van der Waals surface area (Å²) in [6.45, 7) is -0.212. The van der Waals surface area contributed by atoms with Crippen LogP contribution in [0.5, 0.6) is 17.4 Å². The standard InChI is InChI=1S/C16H9BN2O2/c1-3-7-12-10(5-1)15-14-16(19-9-18-15)20-13-8-4-2-6-11(13)17(14)21-12/h1-9H. The van der Waals surface area contributed by atoms with Gasteiger partial charge in [0, 0.05) is 11.0 Å². The van der Waals surface area contributed by atoms with Crippen molar-refractivity contribution in [3.8, 4) is 28.6 Å². The lowest BCUT2D eigenvalue weighted by Gasteiger charge is -2.30. The maximum atomic E-state index is 6.21. The molecule has 0 radical (unpaired) electrons. The molecule has 0 saturated heterocycles. The Morgan fingerprint density at radius 2 is 1.67 bits per heavy atom. The molecular weight excluding hydrogens is 263 g/mol. The molecule has 1 aromatic heterocycles. The summed E-state index contributed by atoms with van der Waals surface area (Å²) >= 11 is 0. The number of nitrogens with zero attached hydrogens (tertiary/aromatic N) is 2. The Kier molecular flexibility index (Phi) is 2.00. The molecule has 21 heavy (non-hydrogen) atoms. The van der Waals surface area contributed by atoms with Gasteiger partial charge in [0.1, 0.15) is 17.8 Å². The number of benzene rings is 2. The summed E-state index contributed by atoms with van der Waals surface area (Å²) in [7, 11) is 0. The van der Waals surface area contributed by atoms with Gasteiger partial charge in [-0.15, -0.1) is 0 Å². The Morgan fingerprint density at radius 3 is 2.62 bits per heavy atom. The van der Waals surface area contributed by atoms with Crippen LogP contribution in [-0.4, -0.2) is 16.9 Å². The van der Waals surface area contributed by atoms with Crippen molar-refractivity contribution < 1.29 is 9.39 Å². The van der Waals surface area contributed by atoms with Crippen LogP contribution in [0.1, 0.15) is 0 Å². The fourth-order valence-electron chi connectivity index (χ4n) is 2.98. The van der Waals surface area contributed by atoms with Crippen LogP contribution in [0.2, 0.25) is 0 Å². The summed E-state index contributed by atoms with van der Waals surface area (Å²) in [5, 5.41) is 0. The first kappa shape index (κ1) is 10.9.